The van der Waals surface area contributed by atoms with Gasteiger partial charge in [-0.1, -0.05) is 394 Å². The number of hydrogen-bond donors (Lipinski definition) is 3. The number of phosphoric ester groups is 2. The van der Waals surface area contributed by atoms with Crippen LogP contribution in [0.25, 0.3) is 0 Å². The van der Waals surface area contributed by atoms with Gasteiger partial charge in [-0.3, -0.25) is 37.3 Å². The Kier molecular flexibility index (Phi) is 74.4. The van der Waals surface area contributed by atoms with Crippen molar-refractivity contribution in [3.05, 3.63) is 0 Å². The minimum atomic E-state index is -4.96. The average Bonchev–Trinajstić information content (AvgIpc) is 0.961. The summed E-state index contributed by atoms with van der Waals surface area (Å²) in [6.07, 6.45) is 68.5. The number of phosphoric acid groups is 2. The molecule has 0 saturated carbocycles. The Morgan fingerprint density at radius 1 is 0.275 bits per heavy atom. The number of unbranched alkanes of at least 4 members (excludes halogenated alkanes) is 54. The zero-order chi connectivity index (χ0) is 74.8. The molecule has 0 fully saturated rings. The van der Waals surface area contributed by atoms with Crippen molar-refractivity contribution in [1.82, 2.24) is 0 Å². The first-order valence-electron chi connectivity index (χ1n) is 43.2. The molecule has 3 unspecified atom stereocenters. The van der Waals surface area contributed by atoms with E-state index < -0.39 is 97.5 Å². The number of aliphatic hydroxyl groups is 1. The molecule has 0 aromatic heterocycles. The number of carbonyl (C=O) groups is 4. The van der Waals surface area contributed by atoms with Crippen LogP contribution < -0.4 is 0 Å². The summed E-state index contributed by atoms with van der Waals surface area (Å²) in [5, 5.41) is 10.6. The van der Waals surface area contributed by atoms with Crippen molar-refractivity contribution < 1.29 is 80.2 Å². The zero-order valence-electron chi connectivity index (χ0n) is 66.8. The molecule has 0 spiro atoms. The molecule has 3 N–H and O–H groups in total. The molecule has 6 atom stereocenters. The number of carbonyl (C=O) groups excluding carboxylic acids is 4. The fourth-order valence-corrected chi connectivity index (χ4v) is 14.5. The van der Waals surface area contributed by atoms with Gasteiger partial charge in [0.25, 0.3) is 0 Å². The van der Waals surface area contributed by atoms with Crippen LogP contribution in [0.2, 0.25) is 0 Å². The lowest BCUT2D eigenvalue weighted by Gasteiger charge is -2.21. The SMILES string of the molecule is CCCCCCCCCCCCCCCCCCCCCCC(=O)O[C@H](COC(=O)CCCCCCCCCCCCCCCCCCCCC)COP(=O)(O)OC[C@@H](O)COP(=O)(O)OC[C@@H](COC(=O)CCCCCCC)OC(=O)CCCCCCCCCCCCCCCCC(C)CC. The number of rotatable bonds is 83. The molecule has 0 aliphatic rings. The van der Waals surface area contributed by atoms with E-state index in [-0.39, 0.29) is 25.7 Å². The van der Waals surface area contributed by atoms with Gasteiger partial charge >= 0.3 is 39.5 Å². The van der Waals surface area contributed by atoms with Crippen LogP contribution in [0, 0.1) is 5.92 Å². The van der Waals surface area contributed by atoms with Crippen LogP contribution >= 0.6 is 15.6 Å². The lowest BCUT2D eigenvalue weighted by molar-refractivity contribution is -0.161. The summed E-state index contributed by atoms with van der Waals surface area (Å²) in [5.41, 5.74) is 0. The Morgan fingerprint density at radius 3 is 0.696 bits per heavy atom. The van der Waals surface area contributed by atoms with Gasteiger partial charge in [0.2, 0.25) is 0 Å². The molecule has 0 rings (SSSR count). The van der Waals surface area contributed by atoms with Gasteiger partial charge < -0.3 is 33.8 Å². The van der Waals surface area contributed by atoms with Crippen molar-refractivity contribution in [2.45, 2.75) is 464 Å². The van der Waals surface area contributed by atoms with Crippen LogP contribution in [0.3, 0.4) is 0 Å². The topological polar surface area (TPSA) is 237 Å². The molecular formula is C83H162O17P2. The Morgan fingerprint density at radius 2 is 0.471 bits per heavy atom. The third kappa shape index (κ3) is 74.9. The number of hydrogen-bond acceptors (Lipinski definition) is 15. The molecule has 17 nitrogen and oxygen atoms in total. The third-order valence-corrected chi connectivity index (χ3v) is 21.8. The van der Waals surface area contributed by atoms with E-state index in [0.29, 0.717) is 25.7 Å². The molecule has 0 heterocycles. The standard InChI is InChI=1S/C83H162O17P2/c1-6-10-13-16-18-20-22-24-26-28-30-32-34-36-41-45-49-53-58-64-69-83(88)100-79(73-94-81(86)67-62-57-52-48-44-40-35-33-31-29-27-25-23-21-19-17-14-11-7-2)75-98-102(91,92)96-71-77(84)70-95-101(89,90)97-74-78(72-93-80(85)66-61-55-15-12-8-3)99-82(87)68-63-59-54-50-46-42-38-37-39-43-47-51-56-60-65-76(5)9-4/h76-79,84H,6-75H2,1-5H3,(H,89,90)(H,91,92)/t76?,77-,78+,79+/m0/s1. The molecule has 0 aliphatic carbocycles. The van der Waals surface area contributed by atoms with Gasteiger partial charge in [-0.15, -0.1) is 0 Å². The van der Waals surface area contributed by atoms with E-state index >= 15 is 0 Å². The summed E-state index contributed by atoms with van der Waals surface area (Å²) in [4.78, 5) is 72.8. The maximum absolute atomic E-state index is 13.1. The molecule has 0 aliphatic heterocycles. The monoisotopic (exact) mass is 1490 g/mol. The summed E-state index contributed by atoms with van der Waals surface area (Å²) < 4.78 is 68.6. The summed E-state index contributed by atoms with van der Waals surface area (Å²) >= 11 is 0. The molecule has 0 amide bonds. The molecule has 19 heteroatoms. The largest absolute Gasteiger partial charge is 0.472 e. The molecule has 0 aromatic rings. The highest BCUT2D eigenvalue weighted by Crippen LogP contribution is 2.45. The van der Waals surface area contributed by atoms with E-state index in [1.165, 1.54) is 263 Å². The zero-order valence-corrected chi connectivity index (χ0v) is 68.5. The molecular weight excluding hydrogens is 1330 g/mol. The van der Waals surface area contributed by atoms with Crippen LogP contribution in [-0.2, 0) is 65.4 Å². The van der Waals surface area contributed by atoms with Gasteiger partial charge in [0, 0.05) is 25.7 Å². The maximum Gasteiger partial charge on any atom is 0.472 e. The Labute approximate surface area is 626 Å². The van der Waals surface area contributed by atoms with Gasteiger partial charge in [0.05, 0.1) is 26.4 Å². The van der Waals surface area contributed by atoms with Gasteiger partial charge in [-0.25, -0.2) is 9.13 Å². The van der Waals surface area contributed by atoms with E-state index in [1.54, 1.807) is 0 Å². The molecule has 0 aromatic carbocycles. The minimum Gasteiger partial charge on any atom is -0.462 e. The quantitative estimate of drug-likeness (QED) is 0.0222. The van der Waals surface area contributed by atoms with Crippen molar-refractivity contribution in [3.63, 3.8) is 0 Å². The van der Waals surface area contributed by atoms with Crippen LogP contribution in [0.4, 0.5) is 0 Å². The Bertz CT molecular complexity index is 1950. The first kappa shape index (κ1) is 100. The van der Waals surface area contributed by atoms with Gasteiger partial charge in [0.1, 0.15) is 19.3 Å². The highest BCUT2D eigenvalue weighted by Gasteiger charge is 2.30. The predicted molar refractivity (Wildman–Crippen MR) is 418 cm³/mol. The summed E-state index contributed by atoms with van der Waals surface area (Å²) in [5.74, 6) is -1.27. The normalized spacial score (nSPS) is 14.1. The van der Waals surface area contributed by atoms with Crippen LogP contribution in [0.1, 0.15) is 446 Å². The highest BCUT2D eigenvalue weighted by molar-refractivity contribution is 7.47. The van der Waals surface area contributed by atoms with E-state index in [2.05, 4.69) is 34.6 Å². The second-order valence-electron chi connectivity index (χ2n) is 30.1. The second-order valence-corrected chi connectivity index (χ2v) is 33.0. The number of esters is 4. The molecule has 0 saturated heterocycles. The molecule has 102 heavy (non-hydrogen) atoms. The second kappa shape index (κ2) is 75.9. The van der Waals surface area contributed by atoms with Crippen molar-refractivity contribution >= 4 is 39.5 Å². The maximum atomic E-state index is 13.1. The van der Waals surface area contributed by atoms with Crippen molar-refractivity contribution in [3.8, 4) is 0 Å². The fraction of sp³-hybridized carbons (Fsp3) is 0.952. The predicted octanol–water partition coefficient (Wildman–Crippen LogP) is 25.2. The lowest BCUT2D eigenvalue weighted by Crippen LogP contribution is -2.30. The minimum absolute atomic E-state index is 0.107. The van der Waals surface area contributed by atoms with Gasteiger partial charge in [0.15, 0.2) is 12.2 Å². The first-order valence-corrected chi connectivity index (χ1v) is 46.2. The van der Waals surface area contributed by atoms with E-state index in [9.17, 15) is 43.2 Å². The Hall–Kier alpha value is -1.94. The summed E-state index contributed by atoms with van der Waals surface area (Å²) in [6.45, 7) is 7.31. The van der Waals surface area contributed by atoms with Crippen LogP contribution in [0.5, 0.6) is 0 Å². The van der Waals surface area contributed by atoms with Crippen LogP contribution in [0.15, 0.2) is 0 Å². The number of ether oxygens (including phenoxy) is 4. The van der Waals surface area contributed by atoms with Crippen molar-refractivity contribution in [2.75, 3.05) is 39.6 Å². The molecule has 0 radical (unpaired) electrons. The van der Waals surface area contributed by atoms with E-state index in [1.807, 2.05) is 0 Å². The van der Waals surface area contributed by atoms with Crippen LogP contribution in [-0.4, -0.2) is 96.7 Å². The van der Waals surface area contributed by atoms with E-state index in [0.717, 1.165) is 102 Å². The van der Waals surface area contributed by atoms with E-state index in [4.69, 9.17) is 37.0 Å². The summed E-state index contributed by atoms with van der Waals surface area (Å²) in [7, 11) is -9.91. The molecule has 0 bridgehead atoms. The van der Waals surface area contributed by atoms with Gasteiger partial charge in [-0.2, -0.15) is 0 Å². The highest BCUT2D eigenvalue weighted by atomic mass is 31.2. The fourth-order valence-electron chi connectivity index (χ4n) is 12.9. The smallest absolute Gasteiger partial charge is 0.462 e. The lowest BCUT2D eigenvalue weighted by atomic mass is 9.99. The van der Waals surface area contributed by atoms with Crippen molar-refractivity contribution in [1.29, 1.82) is 0 Å². The first-order chi connectivity index (χ1) is 49.6. The van der Waals surface area contributed by atoms with Gasteiger partial charge in [-0.05, 0) is 31.6 Å². The third-order valence-electron chi connectivity index (χ3n) is 19.9. The Balaban J connectivity index is 5.11. The summed E-state index contributed by atoms with van der Waals surface area (Å²) in [6, 6.07) is 0. The average molecular weight is 1490 g/mol. The van der Waals surface area contributed by atoms with Crippen molar-refractivity contribution in [2.24, 2.45) is 5.92 Å². The molecule has 606 valence electrons. The number of aliphatic hydroxyl groups excluding tert-OH is 1.